The van der Waals surface area contributed by atoms with Gasteiger partial charge in [0.2, 0.25) is 5.91 Å². The van der Waals surface area contributed by atoms with Crippen molar-refractivity contribution in [2.45, 2.75) is 25.6 Å². The molecule has 3 nitrogen and oxygen atoms in total. The summed E-state index contributed by atoms with van der Waals surface area (Å²) in [4.78, 5) is 11.6. The fourth-order valence-corrected chi connectivity index (χ4v) is 1.67. The normalized spacial score (nSPS) is 14.7. The van der Waals surface area contributed by atoms with Crippen molar-refractivity contribution in [2.75, 3.05) is 6.54 Å². The van der Waals surface area contributed by atoms with Crippen LogP contribution >= 0.6 is 0 Å². The molecule has 110 valence electrons. The van der Waals surface area contributed by atoms with E-state index in [1.165, 1.54) is 19.1 Å². The van der Waals surface area contributed by atoms with E-state index < -0.39 is 23.2 Å². The van der Waals surface area contributed by atoms with Crippen LogP contribution in [-0.4, -0.2) is 12.5 Å². The van der Waals surface area contributed by atoms with E-state index >= 15 is 0 Å². The van der Waals surface area contributed by atoms with E-state index in [0.29, 0.717) is 0 Å². The van der Waals surface area contributed by atoms with Gasteiger partial charge in [-0.05, 0) is 31.5 Å². The van der Waals surface area contributed by atoms with Crippen LogP contribution in [0.15, 0.2) is 36.4 Å². The molecule has 0 aliphatic carbocycles. The van der Waals surface area contributed by atoms with Crippen LogP contribution in [0.25, 0.3) is 0 Å². The minimum atomic E-state index is -4.47. The lowest BCUT2D eigenvalue weighted by Gasteiger charge is -2.29. The molecule has 0 saturated carbocycles. The van der Waals surface area contributed by atoms with Gasteiger partial charge in [0.1, 0.15) is 5.54 Å². The van der Waals surface area contributed by atoms with Gasteiger partial charge in [-0.1, -0.05) is 24.3 Å². The summed E-state index contributed by atoms with van der Waals surface area (Å²) >= 11 is 0. The van der Waals surface area contributed by atoms with E-state index in [1.54, 1.807) is 6.92 Å². The zero-order chi connectivity index (χ0) is 15.6. The smallest absolute Gasteiger partial charge is 0.368 e. The van der Waals surface area contributed by atoms with Crippen LogP contribution in [-0.2, 0) is 16.5 Å². The molecule has 20 heavy (non-hydrogen) atoms. The molecule has 0 aromatic heterocycles. The maximum absolute atomic E-state index is 12.7. The second-order valence-corrected chi connectivity index (χ2v) is 4.88. The molecule has 0 fully saturated rings. The van der Waals surface area contributed by atoms with E-state index in [1.807, 2.05) is 0 Å². The lowest BCUT2D eigenvalue weighted by molar-refractivity contribution is -0.138. The zero-order valence-electron chi connectivity index (χ0n) is 11.3. The van der Waals surface area contributed by atoms with Crippen LogP contribution < -0.4 is 11.1 Å². The summed E-state index contributed by atoms with van der Waals surface area (Å²) in [6, 6.07) is 4.56. The first kappa shape index (κ1) is 16.2. The molecular weight excluding hydrogens is 269 g/mol. The van der Waals surface area contributed by atoms with Crippen molar-refractivity contribution < 1.29 is 18.0 Å². The number of nitrogens with two attached hydrogens (primary N) is 1. The van der Waals surface area contributed by atoms with Gasteiger partial charge in [-0.25, -0.2) is 0 Å². The first-order valence-corrected chi connectivity index (χ1v) is 5.94. The Morgan fingerprint density at radius 1 is 1.35 bits per heavy atom. The van der Waals surface area contributed by atoms with Crippen molar-refractivity contribution in [3.63, 3.8) is 0 Å². The molecule has 1 aromatic rings. The molecule has 0 spiro atoms. The summed E-state index contributed by atoms with van der Waals surface area (Å²) in [7, 11) is 0. The summed E-state index contributed by atoms with van der Waals surface area (Å²) in [5.41, 5.74) is 4.04. The molecule has 1 atom stereocenters. The van der Waals surface area contributed by atoms with E-state index in [0.717, 1.165) is 17.7 Å². The Labute approximate surface area is 115 Å². The number of nitrogens with one attached hydrogen (secondary N) is 1. The minimum absolute atomic E-state index is 0.168. The number of amides is 1. The van der Waals surface area contributed by atoms with Crippen molar-refractivity contribution in [2.24, 2.45) is 5.73 Å². The van der Waals surface area contributed by atoms with Crippen molar-refractivity contribution >= 4 is 5.91 Å². The van der Waals surface area contributed by atoms with Crippen LogP contribution in [0.1, 0.15) is 25.0 Å². The molecule has 0 aliphatic heterocycles. The molecule has 6 heteroatoms. The second kappa shape index (κ2) is 5.66. The Morgan fingerprint density at radius 3 is 2.35 bits per heavy atom. The number of rotatable bonds is 5. The fourth-order valence-electron chi connectivity index (χ4n) is 1.67. The predicted molar refractivity (Wildman–Crippen MR) is 70.8 cm³/mol. The summed E-state index contributed by atoms with van der Waals surface area (Å²) in [6.07, 6.45) is -4.47. The molecule has 0 bridgehead atoms. The highest BCUT2D eigenvalue weighted by Gasteiger charge is 2.36. The Kier molecular flexibility index (Phi) is 4.60. The first-order chi connectivity index (χ1) is 9.07. The van der Waals surface area contributed by atoms with Gasteiger partial charge in [-0.2, -0.15) is 13.2 Å². The number of alkyl halides is 3. The van der Waals surface area contributed by atoms with Crippen LogP contribution in [0, 0.1) is 0 Å². The number of carbonyl (C=O) groups excluding carboxylic acids is 1. The number of carbonyl (C=O) groups is 1. The molecule has 0 saturated heterocycles. The average molecular weight is 286 g/mol. The molecule has 1 unspecified atom stereocenters. The lowest BCUT2D eigenvalue weighted by Crippen LogP contribution is -2.50. The molecule has 1 aromatic carbocycles. The maximum Gasteiger partial charge on any atom is 0.416 e. The predicted octanol–water partition coefficient (Wildman–Crippen LogP) is 2.57. The highest BCUT2D eigenvalue weighted by atomic mass is 19.4. The van der Waals surface area contributed by atoms with Crippen LogP contribution in [0.4, 0.5) is 13.2 Å². The fraction of sp³-hybridized carbons (Fsp3) is 0.357. The standard InChI is InChI=1S/C14H17F3N2O/c1-9(2)8-19-13(3,12(18)20)10-5-4-6-11(7-10)14(15,16)17/h4-7,19H,1,8H2,2-3H3,(H2,18,20). The Bertz CT molecular complexity index is 525. The zero-order valence-corrected chi connectivity index (χ0v) is 11.3. The van der Waals surface area contributed by atoms with Crippen LogP contribution in [0.5, 0.6) is 0 Å². The summed E-state index contributed by atoms with van der Waals surface area (Å²) in [5.74, 6) is -0.752. The molecule has 0 radical (unpaired) electrons. The van der Waals surface area contributed by atoms with E-state index in [2.05, 4.69) is 11.9 Å². The third-order valence-corrected chi connectivity index (χ3v) is 3.00. The Balaban J connectivity index is 3.22. The van der Waals surface area contributed by atoms with Crippen LogP contribution in [0.3, 0.4) is 0 Å². The first-order valence-electron chi connectivity index (χ1n) is 5.94. The van der Waals surface area contributed by atoms with Crippen molar-refractivity contribution in [3.8, 4) is 0 Å². The van der Waals surface area contributed by atoms with Gasteiger partial charge in [-0.15, -0.1) is 0 Å². The molecule has 1 amide bonds. The molecular formula is C14H17F3N2O. The molecule has 3 N–H and O–H groups in total. The Morgan fingerprint density at radius 2 is 1.90 bits per heavy atom. The van der Waals surface area contributed by atoms with Gasteiger partial charge >= 0.3 is 6.18 Å². The lowest BCUT2D eigenvalue weighted by atomic mass is 9.89. The number of halogens is 3. The highest BCUT2D eigenvalue weighted by molar-refractivity contribution is 5.85. The van der Waals surface area contributed by atoms with E-state index in [4.69, 9.17) is 5.73 Å². The SMILES string of the molecule is C=C(C)CNC(C)(C(N)=O)c1cccc(C(F)(F)F)c1. The van der Waals surface area contributed by atoms with Gasteiger partial charge < -0.3 is 5.73 Å². The highest BCUT2D eigenvalue weighted by Crippen LogP contribution is 2.32. The average Bonchev–Trinajstić information content (AvgIpc) is 2.34. The minimum Gasteiger partial charge on any atom is -0.368 e. The van der Waals surface area contributed by atoms with Gasteiger partial charge in [0.05, 0.1) is 5.56 Å². The largest absolute Gasteiger partial charge is 0.416 e. The third kappa shape index (κ3) is 3.60. The topological polar surface area (TPSA) is 55.1 Å². The van der Waals surface area contributed by atoms with Gasteiger partial charge in [0.15, 0.2) is 0 Å². The summed E-state index contributed by atoms with van der Waals surface area (Å²) in [5, 5.41) is 2.85. The summed E-state index contributed by atoms with van der Waals surface area (Å²) in [6.45, 7) is 7.14. The molecule has 1 rings (SSSR count). The molecule has 0 aliphatic rings. The monoisotopic (exact) mass is 286 g/mol. The number of hydrogen-bond donors (Lipinski definition) is 2. The van der Waals surface area contributed by atoms with Crippen molar-refractivity contribution in [1.82, 2.24) is 5.32 Å². The van der Waals surface area contributed by atoms with E-state index in [9.17, 15) is 18.0 Å². The third-order valence-electron chi connectivity index (χ3n) is 3.00. The van der Waals surface area contributed by atoms with Gasteiger partial charge in [0, 0.05) is 6.54 Å². The second-order valence-electron chi connectivity index (χ2n) is 4.88. The maximum atomic E-state index is 12.7. The molecule has 0 heterocycles. The van der Waals surface area contributed by atoms with Gasteiger partial charge in [-0.3, -0.25) is 10.1 Å². The van der Waals surface area contributed by atoms with Gasteiger partial charge in [0.25, 0.3) is 0 Å². The Hall–Kier alpha value is -1.82. The van der Waals surface area contributed by atoms with Crippen LogP contribution in [0.2, 0.25) is 0 Å². The van der Waals surface area contributed by atoms with E-state index in [-0.39, 0.29) is 12.1 Å². The summed E-state index contributed by atoms with van der Waals surface area (Å²) < 4.78 is 38.2. The quantitative estimate of drug-likeness (QED) is 0.817. The number of hydrogen-bond acceptors (Lipinski definition) is 2. The van der Waals surface area contributed by atoms with Crippen molar-refractivity contribution in [3.05, 3.63) is 47.5 Å². The number of benzene rings is 1. The van der Waals surface area contributed by atoms with Crippen molar-refractivity contribution in [1.29, 1.82) is 0 Å². The number of primary amides is 1.